The molecule has 0 saturated heterocycles. The Hall–Kier alpha value is -2.54. The molecule has 0 amide bonds. The van der Waals surface area contributed by atoms with Gasteiger partial charge in [-0.1, -0.05) is 12.1 Å². The van der Waals surface area contributed by atoms with Gasteiger partial charge < -0.3 is 13.5 Å². The molecule has 0 aliphatic rings. The van der Waals surface area contributed by atoms with Crippen molar-refractivity contribution < 1.29 is 17.3 Å². The third-order valence-electron chi connectivity index (χ3n) is 3.32. The zero-order chi connectivity index (χ0) is 16.4. The van der Waals surface area contributed by atoms with Crippen LogP contribution in [0.2, 0.25) is 0 Å². The lowest BCUT2D eigenvalue weighted by molar-refractivity contribution is 0.329. The zero-order valence-corrected chi connectivity index (χ0v) is 13.6. The van der Waals surface area contributed by atoms with Crippen LogP contribution in [0, 0.1) is 0 Å². The van der Waals surface area contributed by atoms with E-state index in [2.05, 4.69) is 4.98 Å². The number of nitrogens with zero attached hydrogens (tertiary/aromatic N) is 2. The van der Waals surface area contributed by atoms with Gasteiger partial charge in [-0.15, -0.1) is 0 Å². The third-order valence-corrected chi connectivity index (χ3v) is 4.61. The van der Waals surface area contributed by atoms with Crippen molar-refractivity contribution in [2.75, 3.05) is 6.61 Å². The lowest BCUT2D eigenvalue weighted by Gasteiger charge is -2.11. The van der Waals surface area contributed by atoms with Gasteiger partial charge in [-0.3, -0.25) is 0 Å². The molecule has 0 atom stereocenters. The topological polar surface area (TPSA) is 70.4 Å². The predicted octanol–water partition coefficient (Wildman–Crippen LogP) is 2.74. The minimum Gasteiger partial charge on any atom is -0.492 e. The number of imidazole rings is 1. The van der Waals surface area contributed by atoms with Crippen LogP contribution in [-0.2, 0) is 17.2 Å². The molecule has 0 saturated carbocycles. The highest BCUT2D eigenvalue weighted by Crippen LogP contribution is 2.28. The smallest absolute Gasteiger partial charge is 0.342 e. The third kappa shape index (κ3) is 3.00. The first-order valence-electron chi connectivity index (χ1n) is 7.08. The number of aromatic nitrogens is 2. The summed E-state index contributed by atoms with van der Waals surface area (Å²) in [6.45, 7) is 2.16. The number of hydrogen-bond donors (Lipinski definition) is 0. The lowest BCUT2D eigenvalue weighted by Crippen LogP contribution is -2.11. The van der Waals surface area contributed by atoms with Crippen LogP contribution in [0.25, 0.3) is 11.0 Å². The van der Waals surface area contributed by atoms with E-state index < -0.39 is 10.1 Å². The molecule has 0 radical (unpaired) electrons. The van der Waals surface area contributed by atoms with E-state index in [4.69, 9.17) is 8.92 Å². The first-order valence-corrected chi connectivity index (χ1v) is 8.49. The molecule has 7 heteroatoms. The van der Waals surface area contributed by atoms with Crippen LogP contribution >= 0.6 is 0 Å². The molecule has 0 unspecified atom stereocenters. The zero-order valence-electron chi connectivity index (χ0n) is 12.8. The number of ether oxygens (including phenoxy) is 1. The second-order valence-corrected chi connectivity index (χ2v) is 6.44. The summed E-state index contributed by atoms with van der Waals surface area (Å²) < 4.78 is 37.5. The van der Waals surface area contributed by atoms with Gasteiger partial charge in [-0.2, -0.15) is 8.42 Å². The molecule has 3 aromatic rings. The largest absolute Gasteiger partial charge is 0.492 e. The van der Waals surface area contributed by atoms with Crippen LogP contribution in [0.5, 0.6) is 11.5 Å². The van der Waals surface area contributed by atoms with Crippen LogP contribution in [0.15, 0.2) is 53.7 Å². The van der Waals surface area contributed by atoms with Crippen molar-refractivity contribution in [1.82, 2.24) is 9.55 Å². The molecular weight excluding hydrogens is 316 g/mol. The second kappa shape index (κ2) is 5.92. The highest BCUT2D eigenvalue weighted by molar-refractivity contribution is 7.87. The van der Waals surface area contributed by atoms with E-state index in [1.54, 1.807) is 49.6 Å². The van der Waals surface area contributed by atoms with Crippen molar-refractivity contribution in [2.45, 2.75) is 11.8 Å². The fourth-order valence-corrected chi connectivity index (χ4v) is 3.34. The molecule has 2 aromatic carbocycles. The lowest BCUT2D eigenvalue weighted by atomic mass is 10.3. The molecule has 0 fully saturated rings. The van der Waals surface area contributed by atoms with Gasteiger partial charge >= 0.3 is 10.1 Å². The summed E-state index contributed by atoms with van der Waals surface area (Å²) in [7, 11) is -2.12. The fourth-order valence-electron chi connectivity index (χ4n) is 2.27. The summed E-state index contributed by atoms with van der Waals surface area (Å²) >= 11 is 0. The molecule has 0 bridgehead atoms. The Morgan fingerprint density at radius 1 is 1.17 bits per heavy atom. The summed E-state index contributed by atoms with van der Waals surface area (Å²) in [5.74, 6) is 0.483. The highest BCUT2D eigenvalue weighted by Gasteiger charge is 2.22. The molecule has 0 N–H and O–H groups in total. The summed E-state index contributed by atoms with van der Waals surface area (Å²) in [6.07, 6.45) is 1.66. The molecule has 120 valence electrons. The standard InChI is InChI=1S/C16H16N2O4S/c1-3-21-15-6-4-5-7-16(15)23(19,20)22-12-8-9-14-13(10-12)17-11-18(14)2/h4-11H,3H2,1-2H3. The van der Waals surface area contributed by atoms with E-state index in [9.17, 15) is 8.42 Å². The normalized spacial score (nSPS) is 11.6. The van der Waals surface area contributed by atoms with Crippen LogP contribution in [-0.4, -0.2) is 24.6 Å². The van der Waals surface area contributed by atoms with Gasteiger partial charge in [0.1, 0.15) is 16.4 Å². The quantitative estimate of drug-likeness (QED) is 0.672. The maximum absolute atomic E-state index is 12.5. The molecule has 1 aromatic heterocycles. The van der Waals surface area contributed by atoms with Crippen molar-refractivity contribution >= 4 is 21.2 Å². The van der Waals surface area contributed by atoms with Crippen molar-refractivity contribution in [1.29, 1.82) is 0 Å². The predicted molar refractivity (Wildman–Crippen MR) is 86.1 cm³/mol. The summed E-state index contributed by atoms with van der Waals surface area (Å²) in [5, 5.41) is 0. The number of fused-ring (bicyclic) bond motifs is 1. The van der Waals surface area contributed by atoms with Gasteiger partial charge in [0.05, 0.1) is 24.0 Å². The SMILES string of the molecule is CCOc1ccccc1S(=O)(=O)Oc1ccc2c(c1)ncn2C. The van der Waals surface area contributed by atoms with E-state index in [1.165, 1.54) is 6.07 Å². The van der Waals surface area contributed by atoms with Crippen molar-refractivity contribution in [3.63, 3.8) is 0 Å². The van der Waals surface area contributed by atoms with Crippen LogP contribution in [0.4, 0.5) is 0 Å². The highest BCUT2D eigenvalue weighted by atomic mass is 32.2. The Labute approximate surface area is 134 Å². The summed E-state index contributed by atoms with van der Waals surface area (Å²) in [6, 6.07) is 11.4. The average molecular weight is 332 g/mol. The van der Waals surface area contributed by atoms with Crippen LogP contribution < -0.4 is 8.92 Å². The van der Waals surface area contributed by atoms with E-state index in [0.717, 1.165) is 5.52 Å². The Kier molecular flexibility index (Phi) is 3.96. The number of benzene rings is 2. The fraction of sp³-hybridized carbons (Fsp3) is 0.188. The van der Waals surface area contributed by atoms with Gasteiger partial charge in [0.15, 0.2) is 0 Å². The first-order chi connectivity index (χ1) is 11.0. The molecule has 0 spiro atoms. The van der Waals surface area contributed by atoms with Gasteiger partial charge in [0.25, 0.3) is 0 Å². The molecule has 1 heterocycles. The Bertz CT molecular complexity index is 948. The minimum atomic E-state index is -3.99. The summed E-state index contributed by atoms with van der Waals surface area (Å²) in [5.41, 5.74) is 1.56. The van der Waals surface area contributed by atoms with E-state index >= 15 is 0 Å². The monoisotopic (exact) mass is 332 g/mol. The van der Waals surface area contributed by atoms with Crippen LogP contribution in [0.1, 0.15) is 6.92 Å². The number of aryl methyl sites for hydroxylation is 1. The molecule has 3 rings (SSSR count). The molecule has 6 nitrogen and oxygen atoms in total. The Balaban J connectivity index is 1.96. The van der Waals surface area contributed by atoms with Crippen molar-refractivity contribution in [3.05, 3.63) is 48.8 Å². The van der Waals surface area contributed by atoms with Crippen LogP contribution in [0.3, 0.4) is 0 Å². The Morgan fingerprint density at radius 3 is 2.74 bits per heavy atom. The first kappa shape index (κ1) is 15.4. The van der Waals surface area contributed by atoms with Crippen molar-refractivity contribution in [3.8, 4) is 11.5 Å². The van der Waals surface area contributed by atoms with E-state index in [-0.39, 0.29) is 16.4 Å². The van der Waals surface area contributed by atoms with Gasteiger partial charge in [-0.25, -0.2) is 4.98 Å². The summed E-state index contributed by atoms with van der Waals surface area (Å²) in [4.78, 5) is 4.19. The van der Waals surface area contributed by atoms with Crippen molar-refractivity contribution in [2.24, 2.45) is 7.05 Å². The number of hydrogen-bond acceptors (Lipinski definition) is 5. The maximum atomic E-state index is 12.5. The second-order valence-electron chi connectivity index (χ2n) is 4.92. The number of para-hydroxylation sites is 1. The van der Waals surface area contributed by atoms with Gasteiger partial charge in [0, 0.05) is 13.1 Å². The Morgan fingerprint density at radius 2 is 1.96 bits per heavy atom. The van der Waals surface area contributed by atoms with E-state index in [1.807, 2.05) is 11.6 Å². The molecule has 0 aliphatic heterocycles. The maximum Gasteiger partial charge on any atom is 0.342 e. The van der Waals surface area contributed by atoms with Gasteiger partial charge in [0.2, 0.25) is 0 Å². The minimum absolute atomic E-state index is 0.00275. The number of rotatable bonds is 5. The van der Waals surface area contributed by atoms with E-state index in [0.29, 0.717) is 12.1 Å². The average Bonchev–Trinajstić information content (AvgIpc) is 2.88. The molecule has 0 aliphatic carbocycles. The molecular formula is C16H16N2O4S. The van der Waals surface area contributed by atoms with Gasteiger partial charge in [-0.05, 0) is 31.2 Å². The molecule has 23 heavy (non-hydrogen) atoms.